The molecule has 1 aromatic carbocycles. The molecule has 2 N–H and O–H groups in total. The normalized spacial score (nSPS) is 16.2. The molecular formula is C19H20N2O3S. The maximum atomic E-state index is 12.8. The average Bonchev–Trinajstić information content (AvgIpc) is 2.63. The fraction of sp³-hybridized carbons (Fsp3) is 0.316. The molecule has 0 saturated carbocycles. The van der Waals surface area contributed by atoms with E-state index in [1.165, 1.54) is 0 Å². The zero-order valence-corrected chi connectivity index (χ0v) is 14.8. The van der Waals surface area contributed by atoms with Crippen LogP contribution in [-0.2, 0) is 4.79 Å². The SMILES string of the molecule is Cc1c(C(=O)NC2(C(=O)O)CCSCC2)cccc1-c1ccccn1. The van der Waals surface area contributed by atoms with Gasteiger partial charge in [-0.05, 0) is 55.0 Å². The van der Waals surface area contributed by atoms with Gasteiger partial charge in [0.15, 0.2) is 0 Å². The molecule has 1 aliphatic heterocycles. The molecule has 1 aromatic heterocycles. The molecule has 1 amide bonds. The van der Waals surface area contributed by atoms with E-state index < -0.39 is 11.5 Å². The molecule has 0 radical (unpaired) electrons. The molecule has 1 fully saturated rings. The van der Waals surface area contributed by atoms with Crippen LogP contribution < -0.4 is 5.32 Å². The van der Waals surface area contributed by atoms with Crippen molar-refractivity contribution in [1.82, 2.24) is 10.3 Å². The number of thioether (sulfide) groups is 1. The lowest BCUT2D eigenvalue weighted by Crippen LogP contribution is -2.56. The number of aromatic nitrogens is 1. The van der Waals surface area contributed by atoms with Crippen LogP contribution in [0.2, 0.25) is 0 Å². The minimum absolute atomic E-state index is 0.343. The number of benzene rings is 1. The van der Waals surface area contributed by atoms with E-state index in [1.54, 1.807) is 30.1 Å². The molecule has 1 saturated heterocycles. The molecule has 0 atom stereocenters. The third-order valence-electron chi connectivity index (χ3n) is 4.63. The minimum atomic E-state index is -1.17. The van der Waals surface area contributed by atoms with Crippen LogP contribution in [0.15, 0.2) is 42.6 Å². The number of carboxylic acids is 1. The standard InChI is InChI=1S/C19H20N2O3S/c1-13-14(16-7-2-3-10-20-16)5-4-6-15(13)17(22)21-19(18(23)24)8-11-25-12-9-19/h2-7,10H,8-9,11-12H2,1H3,(H,21,22)(H,23,24). The summed E-state index contributed by atoms with van der Waals surface area (Å²) in [7, 11) is 0. The summed E-state index contributed by atoms with van der Waals surface area (Å²) in [5.74, 6) is 0.170. The number of rotatable bonds is 4. The smallest absolute Gasteiger partial charge is 0.329 e. The predicted molar refractivity (Wildman–Crippen MR) is 98.8 cm³/mol. The summed E-state index contributed by atoms with van der Waals surface area (Å²) < 4.78 is 0. The van der Waals surface area contributed by atoms with E-state index in [1.807, 2.05) is 31.2 Å². The van der Waals surface area contributed by atoms with Crippen molar-refractivity contribution in [3.63, 3.8) is 0 Å². The van der Waals surface area contributed by atoms with Gasteiger partial charge in [-0.1, -0.05) is 18.2 Å². The van der Waals surface area contributed by atoms with Crippen LogP contribution in [0.25, 0.3) is 11.3 Å². The highest BCUT2D eigenvalue weighted by atomic mass is 32.2. The Kier molecular flexibility index (Phi) is 5.08. The molecule has 5 nitrogen and oxygen atoms in total. The molecule has 0 bridgehead atoms. The summed E-state index contributed by atoms with van der Waals surface area (Å²) in [6.45, 7) is 1.86. The van der Waals surface area contributed by atoms with Gasteiger partial charge in [-0.2, -0.15) is 11.8 Å². The largest absolute Gasteiger partial charge is 0.480 e. The zero-order chi connectivity index (χ0) is 17.9. The van der Waals surface area contributed by atoms with E-state index in [2.05, 4.69) is 10.3 Å². The van der Waals surface area contributed by atoms with Gasteiger partial charge in [0, 0.05) is 17.3 Å². The van der Waals surface area contributed by atoms with Crippen molar-refractivity contribution in [2.75, 3.05) is 11.5 Å². The van der Waals surface area contributed by atoms with Crippen molar-refractivity contribution in [2.24, 2.45) is 0 Å². The number of pyridine rings is 1. The van der Waals surface area contributed by atoms with E-state index in [0.717, 1.165) is 28.3 Å². The number of aliphatic carboxylic acids is 1. The lowest BCUT2D eigenvalue weighted by molar-refractivity contribution is -0.144. The molecule has 0 aliphatic carbocycles. The third kappa shape index (κ3) is 3.54. The van der Waals surface area contributed by atoms with E-state index in [9.17, 15) is 14.7 Å². The van der Waals surface area contributed by atoms with E-state index >= 15 is 0 Å². The number of carboxylic acid groups (broad SMARTS) is 1. The molecule has 0 unspecified atom stereocenters. The Labute approximate surface area is 150 Å². The van der Waals surface area contributed by atoms with Gasteiger partial charge >= 0.3 is 5.97 Å². The highest BCUT2D eigenvalue weighted by molar-refractivity contribution is 7.99. The number of hydrogen-bond donors (Lipinski definition) is 2. The van der Waals surface area contributed by atoms with Gasteiger partial charge < -0.3 is 10.4 Å². The number of nitrogens with zero attached hydrogens (tertiary/aromatic N) is 1. The topological polar surface area (TPSA) is 79.3 Å². The first-order valence-electron chi connectivity index (χ1n) is 8.18. The van der Waals surface area contributed by atoms with Gasteiger partial charge in [-0.25, -0.2) is 4.79 Å². The Morgan fingerprint density at radius 1 is 1.16 bits per heavy atom. The first kappa shape index (κ1) is 17.5. The molecule has 130 valence electrons. The summed E-state index contributed by atoms with van der Waals surface area (Å²) in [6, 6.07) is 11.1. The Morgan fingerprint density at radius 2 is 1.92 bits per heavy atom. The lowest BCUT2D eigenvalue weighted by atomic mass is 9.91. The summed E-state index contributed by atoms with van der Waals surface area (Å²) >= 11 is 1.72. The number of carbonyl (C=O) groups excluding carboxylic acids is 1. The fourth-order valence-corrected chi connectivity index (χ4v) is 4.27. The zero-order valence-electron chi connectivity index (χ0n) is 14.0. The second-order valence-electron chi connectivity index (χ2n) is 6.15. The lowest BCUT2D eigenvalue weighted by Gasteiger charge is -2.33. The Bertz CT molecular complexity index is 787. The summed E-state index contributed by atoms with van der Waals surface area (Å²) in [4.78, 5) is 28.9. The van der Waals surface area contributed by atoms with Crippen molar-refractivity contribution in [3.8, 4) is 11.3 Å². The highest BCUT2D eigenvalue weighted by Crippen LogP contribution is 2.29. The molecule has 3 rings (SSSR count). The maximum Gasteiger partial charge on any atom is 0.329 e. The molecule has 25 heavy (non-hydrogen) atoms. The van der Waals surface area contributed by atoms with Crippen LogP contribution in [0.5, 0.6) is 0 Å². The summed E-state index contributed by atoms with van der Waals surface area (Å²) in [5.41, 5.74) is 1.77. The van der Waals surface area contributed by atoms with E-state index in [4.69, 9.17) is 0 Å². The minimum Gasteiger partial charge on any atom is -0.480 e. The second kappa shape index (κ2) is 7.27. The van der Waals surface area contributed by atoms with Gasteiger partial charge in [0.2, 0.25) is 0 Å². The molecule has 2 aromatic rings. The number of carbonyl (C=O) groups is 2. The molecule has 1 aliphatic rings. The molecule has 0 spiro atoms. The average molecular weight is 356 g/mol. The molecule has 6 heteroatoms. The van der Waals surface area contributed by atoms with E-state index in [-0.39, 0.29) is 5.91 Å². The van der Waals surface area contributed by atoms with Gasteiger partial charge in [0.25, 0.3) is 5.91 Å². The Hall–Kier alpha value is -2.34. The fourth-order valence-electron chi connectivity index (χ4n) is 3.08. The molecule has 2 heterocycles. The van der Waals surface area contributed by atoms with E-state index in [0.29, 0.717) is 18.4 Å². The summed E-state index contributed by atoms with van der Waals surface area (Å²) in [5, 5.41) is 12.4. The highest BCUT2D eigenvalue weighted by Gasteiger charge is 2.41. The van der Waals surface area contributed by atoms with Crippen molar-refractivity contribution in [3.05, 3.63) is 53.7 Å². The Balaban J connectivity index is 1.91. The van der Waals surface area contributed by atoms with Gasteiger partial charge in [0.1, 0.15) is 5.54 Å². The first-order valence-corrected chi connectivity index (χ1v) is 9.34. The molecular weight excluding hydrogens is 336 g/mol. The quantitative estimate of drug-likeness (QED) is 0.880. The number of amides is 1. The van der Waals surface area contributed by atoms with Crippen LogP contribution in [0.3, 0.4) is 0 Å². The number of nitrogens with one attached hydrogen (secondary N) is 1. The van der Waals surface area contributed by atoms with Crippen LogP contribution in [0.1, 0.15) is 28.8 Å². The van der Waals surface area contributed by atoms with Crippen molar-refractivity contribution >= 4 is 23.6 Å². The van der Waals surface area contributed by atoms with Gasteiger partial charge in [0.05, 0.1) is 5.69 Å². The van der Waals surface area contributed by atoms with Gasteiger partial charge in [-0.3, -0.25) is 9.78 Å². The second-order valence-corrected chi connectivity index (χ2v) is 7.37. The maximum absolute atomic E-state index is 12.8. The van der Waals surface area contributed by atoms with Crippen LogP contribution >= 0.6 is 11.8 Å². The third-order valence-corrected chi connectivity index (χ3v) is 5.61. The monoisotopic (exact) mass is 356 g/mol. The summed E-state index contributed by atoms with van der Waals surface area (Å²) in [6.07, 6.45) is 2.59. The van der Waals surface area contributed by atoms with Crippen molar-refractivity contribution in [1.29, 1.82) is 0 Å². The van der Waals surface area contributed by atoms with Crippen molar-refractivity contribution in [2.45, 2.75) is 25.3 Å². The van der Waals surface area contributed by atoms with Gasteiger partial charge in [-0.15, -0.1) is 0 Å². The van der Waals surface area contributed by atoms with Crippen LogP contribution in [-0.4, -0.2) is 39.0 Å². The van der Waals surface area contributed by atoms with Crippen molar-refractivity contribution < 1.29 is 14.7 Å². The van der Waals surface area contributed by atoms with Crippen LogP contribution in [0, 0.1) is 6.92 Å². The Morgan fingerprint density at radius 3 is 2.56 bits per heavy atom. The first-order chi connectivity index (χ1) is 12.0. The predicted octanol–water partition coefficient (Wildman–Crippen LogP) is 3.14. The van der Waals surface area contributed by atoms with Crippen LogP contribution in [0.4, 0.5) is 0 Å². The number of hydrogen-bond acceptors (Lipinski definition) is 4.